The Bertz CT molecular complexity index is 287. The standard InChI is InChI=1S/C11H20N4/c1-2-15-11(4-6-13-15)10-14-8-3-5-12-7-9-14/h4,6,12H,2-3,5,7-10H2,1H3. The van der Waals surface area contributed by atoms with Crippen LogP contribution in [0.25, 0.3) is 0 Å². The molecule has 1 fully saturated rings. The molecule has 4 nitrogen and oxygen atoms in total. The number of nitrogens with one attached hydrogen (secondary N) is 1. The molecule has 0 aromatic carbocycles. The number of hydrogen-bond donors (Lipinski definition) is 1. The normalized spacial score (nSPS) is 19.0. The van der Waals surface area contributed by atoms with Gasteiger partial charge in [-0.15, -0.1) is 0 Å². The third-order valence-corrected chi connectivity index (χ3v) is 2.92. The second-order valence-electron chi connectivity index (χ2n) is 4.02. The van der Waals surface area contributed by atoms with Gasteiger partial charge in [0.05, 0.1) is 5.69 Å². The van der Waals surface area contributed by atoms with Gasteiger partial charge in [-0.1, -0.05) is 0 Å². The van der Waals surface area contributed by atoms with Crippen LogP contribution < -0.4 is 5.32 Å². The van der Waals surface area contributed by atoms with E-state index >= 15 is 0 Å². The van der Waals surface area contributed by atoms with Crippen LogP contribution in [0, 0.1) is 0 Å². The van der Waals surface area contributed by atoms with Gasteiger partial charge in [0.2, 0.25) is 0 Å². The van der Waals surface area contributed by atoms with Gasteiger partial charge in [-0.2, -0.15) is 5.10 Å². The van der Waals surface area contributed by atoms with E-state index in [4.69, 9.17) is 0 Å². The first-order valence-electron chi connectivity index (χ1n) is 5.84. The summed E-state index contributed by atoms with van der Waals surface area (Å²) >= 11 is 0. The molecule has 1 saturated heterocycles. The smallest absolute Gasteiger partial charge is 0.0524 e. The van der Waals surface area contributed by atoms with E-state index in [1.807, 2.05) is 6.20 Å². The Hall–Kier alpha value is -0.870. The van der Waals surface area contributed by atoms with Crippen molar-refractivity contribution in [2.24, 2.45) is 0 Å². The van der Waals surface area contributed by atoms with E-state index in [1.165, 1.54) is 18.7 Å². The van der Waals surface area contributed by atoms with Crippen LogP contribution in [-0.2, 0) is 13.1 Å². The van der Waals surface area contributed by atoms with Crippen molar-refractivity contribution in [1.29, 1.82) is 0 Å². The number of nitrogens with zero attached hydrogens (tertiary/aromatic N) is 3. The maximum Gasteiger partial charge on any atom is 0.0524 e. The molecule has 84 valence electrons. The van der Waals surface area contributed by atoms with Crippen LogP contribution in [0.4, 0.5) is 0 Å². The van der Waals surface area contributed by atoms with Gasteiger partial charge < -0.3 is 5.32 Å². The van der Waals surface area contributed by atoms with Crippen LogP contribution in [0.1, 0.15) is 19.0 Å². The average Bonchev–Trinajstić information content (AvgIpc) is 2.53. The average molecular weight is 208 g/mol. The minimum atomic E-state index is 0.967. The molecule has 2 heterocycles. The molecule has 1 aliphatic rings. The summed E-state index contributed by atoms with van der Waals surface area (Å²) in [4.78, 5) is 2.50. The summed E-state index contributed by atoms with van der Waals surface area (Å²) in [5.74, 6) is 0. The zero-order valence-electron chi connectivity index (χ0n) is 9.45. The highest BCUT2D eigenvalue weighted by Crippen LogP contribution is 2.05. The maximum atomic E-state index is 4.30. The van der Waals surface area contributed by atoms with Crippen molar-refractivity contribution in [3.63, 3.8) is 0 Å². The molecule has 0 unspecified atom stereocenters. The Morgan fingerprint density at radius 3 is 3.20 bits per heavy atom. The van der Waals surface area contributed by atoms with Crippen LogP contribution >= 0.6 is 0 Å². The molecule has 4 heteroatoms. The van der Waals surface area contributed by atoms with Gasteiger partial charge >= 0.3 is 0 Å². The highest BCUT2D eigenvalue weighted by Gasteiger charge is 2.10. The van der Waals surface area contributed by atoms with Crippen molar-refractivity contribution in [1.82, 2.24) is 20.0 Å². The SMILES string of the molecule is CCn1nccc1CN1CCCNCC1. The Morgan fingerprint density at radius 1 is 1.40 bits per heavy atom. The first-order valence-corrected chi connectivity index (χ1v) is 5.84. The summed E-state index contributed by atoms with van der Waals surface area (Å²) in [5.41, 5.74) is 1.33. The Morgan fingerprint density at radius 2 is 2.33 bits per heavy atom. The summed E-state index contributed by atoms with van der Waals surface area (Å²) in [5, 5.41) is 7.72. The highest BCUT2D eigenvalue weighted by molar-refractivity contribution is 5.00. The number of rotatable bonds is 3. The first kappa shape index (κ1) is 10.6. The summed E-state index contributed by atoms with van der Waals surface area (Å²) < 4.78 is 2.08. The minimum Gasteiger partial charge on any atom is -0.315 e. The first-order chi connectivity index (χ1) is 7.40. The summed E-state index contributed by atoms with van der Waals surface area (Å²) in [6, 6.07) is 2.13. The lowest BCUT2D eigenvalue weighted by molar-refractivity contribution is 0.275. The van der Waals surface area contributed by atoms with Gasteiger partial charge in [-0.25, -0.2) is 0 Å². The molecule has 0 saturated carbocycles. The molecule has 0 radical (unpaired) electrons. The Balaban J connectivity index is 1.94. The van der Waals surface area contributed by atoms with Crippen molar-refractivity contribution in [3.8, 4) is 0 Å². The molecule has 0 spiro atoms. The van der Waals surface area contributed by atoms with Crippen molar-refractivity contribution >= 4 is 0 Å². The molecule has 0 amide bonds. The van der Waals surface area contributed by atoms with Crippen molar-refractivity contribution < 1.29 is 0 Å². The van der Waals surface area contributed by atoms with Crippen molar-refractivity contribution in [3.05, 3.63) is 18.0 Å². The number of aromatic nitrogens is 2. The van der Waals surface area contributed by atoms with Crippen LogP contribution in [0.3, 0.4) is 0 Å². The predicted octanol–water partition coefficient (Wildman–Crippen LogP) is 0.698. The van der Waals surface area contributed by atoms with Gasteiger partial charge in [-0.05, 0) is 32.5 Å². The molecular weight excluding hydrogens is 188 g/mol. The van der Waals surface area contributed by atoms with Crippen LogP contribution in [0.15, 0.2) is 12.3 Å². The predicted molar refractivity (Wildman–Crippen MR) is 60.7 cm³/mol. The molecule has 1 N–H and O–H groups in total. The molecular formula is C11H20N4. The highest BCUT2D eigenvalue weighted by atomic mass is 15.3. The third-order valence-electron chi connectivity index (χ3n) is 2.92. The number of hydrogen-bond acceptors (Lipinski definition) is 3. The van der Waals surface area contributed by atoms with Crippen LogP contribution in [0.5, 0.6) is 0 Å². The second kappa shape index (κ2) is 5.28. The summed E-state index contributed by atoms with van der Waals surface area (Å²) in [6.07, 6.45) is 3.15. The lowest BCUT2D eigenvalue weighted by Crippen LogP contribution is -2.28. The van der Waals surface area contributed by atoms with E-state index in [-0.39, 0.29) is 0 Å². The van der Waals surface area contributed by atoms with Crippen molar-refractivity contribution in [2.45, 2.75) is 26.4 Å². The van der Waals surface area contributed by atoms with Gasteiger partial charge in [-0.3, -0.25) is 9.58 Å². The molecule has 0 bridgehead atoms. The molecule has 1 aliphatic heterocycles. The van der Waals surface area contributed by atoms with E-state index < -0.39 is 0 Å². The fourth-order valence-corrected chi connectivity index (χ4v) is 2.07. The van der Waals surface area contributed by atoms with E-state index in [9.17, 15) is 0 Å². The van der Waals surface area contributed by atoms with Gasteiger partial charge in [0.15, 0.2) is 0 Å². The van der Waals surface area contributed by atoms with Crippen LogP contribution in [0.2, 0.25) is 0 Å². The summed E-state index contributed by atoms with van der Waals surface area (Å²) in [6.45, 7) is 8.75. The van der Waals surface area contributed by atoms with E-state index in [1.54, 1.807) is 0 Å². The number of aryl methyl sites for hydroxylation is 1. The van der Waals surface area contributed by atoms with E-state index in [0.717, 1.165) is 32.7 Å². The maximum absolute atomic E-state index is 4.30. The summed E-state index contributed by atoms with van der Waals surface area (Å²) in [7, 11) is 0. The topological polar surface area (TPSA) is 33.1 Å². The third kappa shape index (κ3) is 2.79. The fourth-order valence-electron chi connectivity index (χ4n) is 2.07. The molecule has 0 aliphatic carbocycles. The zero-order valence-corrected chi connectivity index (χ0v) is 9.45. The molecule has 15 heavy (non-hydrogen) atoms. The Kier molecular flexibility index (Phi) is 3.75. The lowest BCUT2D eigenvalue weighted by atomic mass is 10.3. The molecule has 1 aromatic heterocycles. The lowest BCUT2D eigenvalue weighted by Gasteiger charge is -2.19. The second-order valence-corrected chi connectivity index (χ2v) is 4.02. The largest absolute Gasteiger partial charge is 0.315 e. The molecule has 0 atom stereocenters. The Labute approximate surface area is 91.3 Å². The monoisotopic (exact) mass is 208 g/mol. The molecule has 1 aromatic rings. The van der Waals surface area contributed by atoms with Gasteiger partial charge in [0.1, 0.15) is 0 Å². The quantitative estimate of drug-likeness (QED) is 0.793. The zero-order chi connectivity index (χ0) is 10.5. The van der Waals surface area contributed by atoms with Crippen molar-refractivity contribution in [2.75, 3.05) is 26.2 Å². The van der Waals surface area contributed by atoms with Gasteiger partial charge in [0, 0.05) is 32.4 Å². The molecule has 2 rings (SSSR count). The fraction of sp³-hybridized carbons (Fsp3) is 0.727. The minimum absolute atomic E-state index is 0.967. The van der Waals surface area contributed by atoms with Crippen LogP contribution in [-0.4, -0.2) is 40.9 Å². The van der Waals surface area contributed by atoms with E-state index in [2.05, 4.69) is 33.0 Å². The van der Waals surface area contributed by atoms with Gasteiger partial charge in [0.25, 0.3) is 0 Å². The van der Waals surface area contributed by atoms with E-state index in [0.29, 0.717) is 0 Å².